The maximum absolute atomic E-state index is 9.73. The van der Waals surface area contributed by atoms with E-state index in [0.717, 1.165) is 47.6 Å². The molecule has 0 atom stereocenters. The van der Waals surface area contributed by atoms with E-state index in [1.807, 2.05) is 80.6 Å². The molecule has 1 heterocycles. The normalized spacial score (nSPS) is 14.4. The van der Waals surface area contributed by atoms with Gasteiger partial charge in [0, 0.05) is 24.9 Å². The summed E-state index contributed by atoms with van der Waals surface area (Å²) in [6, 6.07) is 19.6. The molecule has 1 aliphatic rings. The van der Waals surface area contributed by atoms with Crippen LogP contribution in [0.5, 0.6) is 0 Å². The maximum atomic E-state index is 9.73. The molecular weight excluding hydrogens is 460 g/mol. The highest BCUT2D eigenvalue weighted by Gasteiger charge is 2.38. The standard InChI is InChI=1S/C30H30N6O/c1-6-16-36(5)26-13-11-24(12-14-26)34-35-25-10-8-22(21(7-2)17-25)9-15-28-27(20-33)29(23(18-31)19-32)37-30(28,3)4/h8-15,17H,6-7,16H2,1-5H3/b15-9+,35-34+. The Morgan fingerprint density at radius 2 is 1.62 bits per heavy atom. The van der Waals surface area contributed by atoms with Crippen LogP contribution < -0.4 is 4.90 Å². The summed E-state index contributed by atoms with van der Waals surface area (Å²) in [6.07, 6.45) is 5.62. The van der Waals surface area contributed by atoms with Crippen molar-refractivity contribution in [1.82, 2.24) is 0 Å². The van der Waals surface area contributed by atoms with Crippen LogP contribution in [-0.2, 0) is 11.2 Å². The van der Waals surface area contributed by atoms with Gasteiger partial charge in [0.1, 0.15) is 29.4 Å². The van der Waals surface area contributed by atoms with Crippen LogP contribution in [0.1, 0.15) is 45.2 Å². The number of allylic oxidation sites excluding steroid dienone is 2. The van der Waals surface area contributed by atoms with Crippen molar-refractivity contribution in [3.63, 3.8) is 0 Å². The highest BCUT2D eigenvalue weighted by molar-refractivity contribution is 5.66. The quantitative estimate of drug-likeness (QED) is 0.282. The van der Waals surface area contributed by atoms with Crippen LogP contribution in [0.4, 0.5) is 17.1 Å². The van der Waals surface area contributed by atoms with Gasteiger partial charge in [-0.25, -0.2) is 0 Å². The van der Waals surface area contributed by atoms with E-state index in [1.165, 1.54) is 0 Å². The van der Waals surface area contributed by atoms with Crippen LogP contribution in [0.3, 0.4) is 0 Å². The molecule has 7 heteroatoms. The average Bonchev–Trinajstić information content (AvgIpc) is 3.16. The molecule has 2 aromatic rings. The monoisotopic (exact) mass is 490 g/mol. The van der Waals surface area contributed by atoms with Crippen LogP contribution in [0, 0.1) is 34.0 Å². The number of azo groups is 1. The fraction of sp³-hybridized carbons (Fsp3) is 0.300. The fourth-order valence-corrected chi connectivity index (χ4v) is 4.13. The lowest BCUT2D eigenvalue weighted by atomic mass is 9.93. The largest absolute Gasteiger partial charge is 0.480 e. The van der Waals surface area contributed by atoms with Crippen molar-refractivity contribution < 1.29 is 4.74 Å². The molecule has 0 radical (unpaired) electrons. The topological polar surface area (TPSA) is 109 Å². The number of nitriles is 3. The van der Waals surface area contributed by atoms with E-state index in [1.54, 1.807) is 0 Å². The molecule has 0 aromatic heterocycles. The minimum Gasteiger partial charge on any atom is -0.480 e. The molecule has 2 aromatic carbocycles. The van der Waals surface area contributed by atoms with Gasteiger partial charge in [-0.1, -0.05) is 32.1 Å². The number of rotatable bonds is 8. The summed E-state index contributed by atoms with van der Waals surface area (Å²) in [5, 5.41) is 37.0. The van der Waals surface area contributed by atoms with E-state index in [4.69, 9.17) is 4.74 Å². The zero-order valence-corrected chi connectivity index (χ0v) is 21.9. The predicted molar refractivity (Wildman–Crippen MR) is 145 cm³/mol. The van der Waals surface area contributed by atoms with Gasteiger partial charge in [-0.15, -0.1) is 0 Å². The van der Waals surface area contributed by atoms with Crippen molar-refractivity contribution in [3.8, 4) is 18.2 Å². The first-order chi connectivity index (χ1) is 17.8. The van der Waals surface area contributed by atoms with E-state index >= 15 is 0 Å². The molecule has 0 aliphatic carbocycles. The summed E-state index contributed by atoms with van der Waals surface area (Å²) >= 11 is 0. The predicted octanol–water partition coefficient (Wildman–Crippen LogP) is 7.45. The van der Waals surface area contributed by atoms with Gasteiger partial charge in [-0.05, 0) is 74.2 Å². The fourth-order valence-electron chi connectivity index (χ4n) is 4.13. The lowest BCUT2D eigenvalue weighted by Crippen LogP contribution is -2.20. The highest BCUT2D eigenvalue weighted by Crippen LogP contribution is 2.40. The molecule has 1 aliphatic heterocycles. The molecule has 0 fully saturated rings. The number of anilines is 1. The Hall–Kier alpha value is -4.67. The number of nitrogens with zero attached hydrogens (tertiary/aromatic N) is 6. The Bertz CT molecular complexity index is 1390. The Morgan fingerprint density at radius 3 is 2.22 bits per heavy atom. The van der Waals surface area contributed by atoms with Gasteiger partial charge in [0.05, 0.1) is 11.4 Å². The van der Waals surface area contributed by atoms with Gasteiger partial charge < -0.3 is 9.64 Å². The molecule has 0 saturated heterocycles. The second-order valence-corrected chi connectivity index (χ2v) is 9.15. The Kier molecular flexibility index (Phi) is 8.62. The summed E-state index contributed by atoms with van der Waals surface area (Å²) in [4.78, 5) is 2.21. The molecule has 186 valence electrons. The van der Waals surface area contributed by atoms with Gasteiger partial charge in [-0.2, -0.15) is 26.0 Å². The molecule has 37 heavy (non-hydrogen) atoms. The third-order valence-corrected chi connectivity index (χ3v) is 6.13. The molecule has 3 rings (SSSR count). The Balaban J connectivity index is 1.86. The minimum atomic E-state index is -0.850. The number of hydrogen-bond acceptors (Lipinski definition) is 7. The lowest BCUT2D eigenvalue weighted by Gasteiger charge is -2.20. The van der Waals surface area contributed by atoms with Crippen LogP contribution in [-0.4, -0.2) is 19.2 Å². The zero-order valence-electron chi connectivity index (χ0n) is 21.9. The molecule has 0 spiro atoms. The van der Waals surface area contributed by atoms with Gasteiger partial charge in [0.15, 0.2) is 11.3 Å². The van der Waals surface area contributed by atoms with E-state index < -0.39 is 5.60 Å². The summed E-state index contributed by atoms with van der Waals surface area (Å²) in [5.41, 5.74) is 4.50. The number of benzene rings is 2. The summed E-state index contributed by atoms with van der Waals surface area (Å²) in [7, 11) is 2.08. The van der Waals surface area contributed by atoms with Crippen molar-refractivity contribution in [2.45, 2.75) is 46.1 Å². The van der Waals surface area contributed by atoms with Crippen LogP contribution in [0.2, 0.25) is 0 Å². The van der Waals surface area contributed by atoms with Gasteiger partial charge in [0.25, 0.3) is 0 Å². The first-order valence-corrected chi connectivity index (χ1v) is 12.2. The van der Waals surface area contributed by atoms with Crippen LogP contribution >= 0.6 is 0 Å². The van der Waals surface area contributed by atoms with Crippen LogP contribution in [0.15, 0.2) is 81.2 Å². The molecule has 7 nitrogen and oxygen atoms in total. The molecule has 0 saturated carbocycles. The number of aryl methyl sites for hydroxylation is 1. The summed E-state index contributed by atoms with van der Waals surface area (Å²) in [5.74, 6) is 0.0358. The average molecular weight is 491 g/mol. The van der Waals surface area contributed by atoms with Gasteiger partial charge in [0.2, 0.25) is 0 Å². The SMILES string of the molecule is CCCN(C)c1ccc(/N=N/c2ccc(/C=C/C3=C(C#N)C(=C(C#N)C#N)OC3(C)C)c(CC)c2)cc1. The first-order valence-electron chi connectivity index (χ1n) is 12.2. The van der Waals surface area contributed by atoms with Crippen LogP contribution in [0.25, 0.3) is 6.08 Å². The Morgan fingerprint density at radius 1 is 0.973 bits per heavy atom. The second-order valence-electron chi connectivity index (χ2n) is 9.15. The molecule has 0 amide bonds. The zero-order chi connectivity index (χ0) is 27.0. The summed E-state index contributed by atoms with van der Waals surface area (Å²) < 4.78 is 5.84. The van der Waals surface area contributed by atoms with Gasteiger partial charge in [-0.3, -0.25) is 0 Å². The minimum absolute atomic E-state index is 0.0358. The molecule has 0 unspecified atom stereocenters. The van der Waals surface area contributed by atoms with Crippen molar-refractivity contribution in [1.29, 1.82) is 15.8 Å². The van der Waals surface area contributed by atoms with Crippen molar-refractivity contribution in [2.75, 3.05) is 18.5 Å². The van der Waals surface area contributed by atoms with E-state index in [0.29, 0.717) is 5.57 Å². The van der Waals surface area contributed by atoms with E-state index in [9.17, 15) is 15.8 Å². The third-order valence-electron chi connectivity index (χ3n) is 6.13. The van der Waals surface area contributed by atoms with E-state index in [2.05, 4.69) is 42.1 Å². The van der Waals surface area contributed by atoms with E-state index in [-0.39, 0.29) is 16.9 Å². The van der Waals surface area contributed by atoms with Crippen molar-refractivity contribution in [3.05, 3.63) is 82.1 Å². The lowest BCUT2D eigenvalue weighted by molar-refractivity contribution is 0.0954. The smallest absolute Gasteiger partial charge is 0.172 e. The molecule has 0 bridgehead atoms. The van der Waals surface area contributed by atoms with Crippen molar-refractivity contribution >= 4 is 23.1 Å². The third kappa shape index (κ3) is 6.13. The maximum Gasteiger partial charge on any atom is 0.172 e. The van der Waals surface area contributed by atoms with Crippen molar-refractivity contribution in [2.24, 2.45) is 10.2 Å². The number of ether oxygens (including phenoxy) is 1. The molecule has 0 N–H and O–H groups in total. The summed E-state index contributed by atoms with van der Waals surface area (Å²) in [6.45, 7) is 8.84. The number of hydrogen-bond donors (Lipinski definition) is 0. The Labute approximate surface area is 218 Å². The second kappa shape index (κ2) is 11.8. The molecular formula is C30H30N6O. The van der Waals surface area contributed by atoms with Gasteiger partial charge >= 0.3 is 0 Å². The first kappa shape index (κ1) is 26.9. The highest BCUT2D eigenvalue weighted by atomic mass is 16.5.